The second kappa shape index (κ2) is 8.02. The zero-order chi connectivity index (χ0) is 22.0. The SMILES string of the molecule is O=C1CCC(CNC(=O)OCc2ccccc2)(N2C(=O)c3ccccc3C2=O)C(=O)N1. The van der Waals surface area contributed by atoms with Gasteiger partial charge < -0.3 is 10.1 Å². The Bertz CT molecular complexity index is 1050. The number of fused-ring (bicyclic) bond motifs is 1. The molecule has 2 aromatic carbocycles. The number of benzene rings is 2. The number of carbonyl (C=O) groups excluding carboxylic acids is 5. The highest BCUT2D eigenvalue weighted by Gasteiger charge is 2.55. The van der Waals surface area contributed by atoms with Crippen molar-refractivity contribution in [1.82, 2.24) is 15.5 Å². The van der Waals surface area contributed by atoms with Gasteiger partial charge in [-0.15, -0.1) is 0 Å². The second-order valence-corrected chi connectivity index (χ2v) is 7.32. The third kappa shape index (κ3) is 3.65. The first-order valence-electron chi connectivity index (χ1n) is 9.69. The van der Waals surface area contributed by atoms with Crippen LogP contribution in [0.1, 0.15) is 39.1 Å². The van der Waals surface area contributed by atoms with Crippen LogP contribution in [-0.4, -0.2) is 46.7 Å². The number of hydrogen-bond acceptors (Lipinski definition) is 6. The summed E-state index contributed by atoms with van der Waals surface area (Å²) >= 11 is 0. The number of amides is 5. The summed E-state index contributed by atoms with van der Waals surface area (Å²) in [6, 6.07) is 15.2. The summed E-state index contributed by atoms with van der Waals surface area (Å²) in [5.41, 5.74) is -0.632. The van der Waals surface area contributed by atoms with E-state index < -0.39 is 35.3 Å². The third-order valence-corrected chi connectivity index (χ3v) is 5.40. The molecular formula is C22H19N3O6. The van der Waals surface area contributed by atoms with Gasteiger partial charge in [-0.1, -0.05) is 42.5 Å². The van der Waals surface area contributed by atoms with Gasteiger partial charge in [-0.25, -0.2) is 4.79 Å². The third-order valence-electron chi connectivity index (χ3n) is 5.40. The molecule has 1 fully saturated rings. The zero-order valence-electron chi connectivity index (χ0n) is 16.4. The fraction of sp³-hybridized carbons (Fsp3) is 0.227. The molecule has 158 valence electrons. The van der Waals surface area contributed by atoms with E-state index in [0.29, 0.717) is 0 Å². The minimum absolute atomic E-state index is 0.0113. The molecule has 2 aliphatic rings. The molecule has 2 aliphatic heterocycles. The lowest BCUT2D eigenvalue weighted by Crippen LogP contribution is -2.68. The highest BCUT2D eigenvalue weighted by Crippen LogP contribution is 2.34. The Hall–Kier alpha value is -4.01. The number of imide groups is 2. The lowest BCUT2D eigenvalue weighted by molar-refractivity contribution is -0.141. The van der Waals surface area contributed by atoms with E-state index in [1.165, 1.54) is 12.1 Å². The molecular weight excluding hydrogens is 402 g/mol. The highest BCUT2D eigenvalue weighted by molar-refractivity contribution is 6.24. The Balaban J connectivity index is 1.55. The Morgan fingerprint density at radius 3 is 2.19 bits per heavy atom. The number of alkyl carbamates (subject to hydrolysis) is 1. The second-order valence-electron chi connectivity index (χ2n) is 7.32. The van der Waals surface area contributed by atoms with Gasteiger partial charge in [-0.3, -0.25) is 29.4 Å². The lowest BCUT2D eigenvalue weighted by atomic mass is 9.86. The number of piperidine rings is 1. The number of nitrogens with one attached hydrogen (secondary N) is 2. The molecule has 1 unspecified atom stereocenters. The van der Waals surface area contributed by atoms with Crippen LogP contribution in [0.15, 0.2) is 54.6 Å². The van der Waals surface area contributed by atoms with Gasteiger partial charge in [-0.05, 0) is 24.1 Å². The van der Waals surface area contributed by atoms with Gasteiger partial charge in [0.1, 0.15) is 12.1 Å². The van der Waals surface area contributed by atoms with Crippen molar-refractivity contribution in [2.45, 2.75) is 25.0 Å². The summed E-state index contributed by atoms with van der Waals surface area (Å²) in [6.45, 7) is -0.372. The van der Waals surface area contributed by atoms with E-state index in [9.17, 15) is 24.0 Å². The molecule has 5 amide bonds. The maximum atomic E-state index is 13.0. The van der Waals surface area contributed by atoms with Crippen LogP contribution in [0.4, 0.5) is 4.79 Å². The first-order chi connectivity index (χ1) is 14.9. The topological polar surface area (TPSA) is 122 Å². The van der Waals surface area contributed by atoms with Gasteiger partial charge in [0, 0.05) is 6.42 Å². The van der Waals surface area contributed by atoms with Crippen molar-refractivity contribution in [1.29, 1.82) is 0 Å². The summed E-state index contributed by atoms with van der Waals surface area (Å²) in [4.78, 5) is 63.7. The molecule has 1 atom stereocenters. The predicted octanol–water partition coefficient (Wildman–Crippen LogP) is 1.38. The van der Waals surface area contributed by atoms with Gasteiger partial charge in [0.2, 0.25) is 5.91 Å². The molecule has 0 aliphatic carbocycles. The number of nitrogens with zero attached hydrogens (tertiary/aromatic N) is 1. The van der Waals surface area contributed by atoms with E-state index in [-0.39, 0.29) is 37.1 Å². The van der Waals surface area contributed by atoms with Gasteiger partial charge in [0.25, 0.3) is 17.7 Å². The fourth-order valence-corrected chi connectivity index (χ4v) is 3.77. The summed E-state index contributed by atoms with van der Waals surface area (Å²) in [5.74, 6) is -2.63. The Kier molecular flexibility index (Phi) is 5.24. The molecule has 2 heterocycles. The molecule has 4 rings (SSSR count). The largest absolute Gasteiger partial charge is 0.445 e. The normalized spacial score (nSPS) is 20.3. The first-order valence-corrected chi connectivity index (χ1v) is 9.69. The Labute approximate surface area is 177 Å². The van der Waals surface area contributed by atoms with Crippen LogP contribution in [0, 0.1) is 0 Å². The van der Waals surface area contributed by atoms with Crippen molar-refractivity contribution < 1.29 is 28.7 Å². The van der Waals surface area contributed by atoms with Crippen molar-refractivity contribution in [3.8, 4) is 0 Å². The van der Waals surface area contributed by atoms with E-state index in [1.54, 1.807) is 36.4 Å². The number of hydrogen-bond donors (Lipinski definition) is 2. The van der Waals surface area contributed by atoms with Gasteiger partial charge in [-0.2, -0.15) is 0 Å². The van der Waals surface area contributed by atoms with Crippen LogP contribution < -0.4 is 10.6 Å². The molecule has 1 saturated heterocycles. The maximum absolute atomic E-state index is 13.0. The lowest BCUT2D eigenvalue weighted by Gasteiger charge is -2.41. The van der Waals surface area contributed by atoms with Crippen LogP contribution in [0.25, 0.3) is 0 Å². The minimum Gasteiger partial charge on any atom is -0.445 e. The summed E-state index contributed by atoms with van der Waals surface area (Å²) in [5, 5.41) is 4.65. The number of ether oxygens (including phenoxy) is 1. The van der Waals surface area contributed by atoms with Crippen LogP contribution in [-0.2, 0) is 20.9 Å². The summed E-state index contributed by atoms with van der Waals surface area (Å²) in [7, 11) is 0. The molecule has 0 radical (unpaired) electrons. The summed E-state index contributed by atoms with van der Waals surface area (Å²) in [6.07, 6.45) is -1.01. The molecule has 2 N–H and O–H groups in total. The average Bonchev–Trinajstić information content (AvgIpc) is 3.04. The standard InChI is InChI=1S/C22H19N3O6/c26-17-10-11-22(20(29)24-17,13-23-21(30)31-12-14-6-2-1-3-7-14)25-18(27)15-8-4-5-9-16(15)19(25)28/h1-9H,10-13H2,(H,23,30)(H,24,26,29). The number of rotatable bonds is 5. The molecule has 0 spiro atoms. The highest BCUT2D eigenvalue weighted by atomic mass is 16.5. The molecule has 31 heavy (non-hydrogen) atoms. The zero-order valence-corrected chi connectivity index (χ0v) is 16.4. The smallest absolute Gasteiger partial charge is 0.407 e. The molecule has 2 aromatic rings. The van der Waals surface area contributed by atoms with E-state index >= 15 is 0 Å². The maximum Gasteiger partial charge on any atom is 0.407 e. The van der Waals surface area contributed by atoms with Gasteiger partial charge in [0.15, 0.2) is 0 Å². The van der Waals surface area contributed by atoms with Crippen LogP contribution >= 0.6 is 0 Å². The van der Waals surface area contributed by atoms with E-state index in [4.69, 9.17) is 4.74 Å². The van der Waals surface area contributed by atoms with Crippen molar-refractivity contribution >= 4 is 29.7 Å². The summed E-state index contributed by atoms with van der Waals surface area (Å²) < 4.78 is 5.16. The van der Waals surface area contributed by atoms with E-state index in [1.807, 2.05) is 6.07 Å². The predicted molar refractivity (Wildman–Crippen MR) is 107 cm³/mol. The van der Waals surface area contributed by atoms with Crippen LogP contribution in [0.2, 0.25) is 0 Å². The quantitative estimate of drug-likeness (QED) is 0.704. The van der Waals surface area contributed by atoms with Crippen LogP contribution in [0.5, 0.6) is 0 Å². The van der Waals surface area contributed by atoms with Crippen molar-refractivity contribution in [3.63, 3.8) is 0 Å². The molecule has 9 nitrogen and oxygen atoms in total. The molecule has 0 bridgehead atoms. The van der Waals surface area contributed by atoms with Crippen LogP contribution in [0.3, 0.4) is 0 Å². The van der Waals surface area contributed by atoms with Crippen molar-refractivity contribution in [3.05, 3.63) is 71.3 Å². The number of carbonyl (C=O) groups is 5. The average molecular weight is 421 g/mol. The molecule has 0 aromatic heterocycles. The molecule has 9 heteroatoms. The monoisotopic (exact) mass is 421 g/mol. The van der Waals surface area contributed by atoms with E-state index in [2.05, 4.69) is 10.6 Å². The molecule has 0 saturated carbocycles. The fourth-order valence-electron chi connectivity index (χ4n) is 3.77. The van der Waals surface area contributed by atoms with E-state index in [0.717, 1.165) is 10.5 Å². The first kappa shape index (κ1) is 20.3. The van der Waals surface area contributed by atoms with Crippen molar-refractivity contribution in [2.75, 3.05) is 6.54 Å². The Morgan fingerprint density at radius 2 is 1.58 bits per heavy atom. The van der Waals surface area contributed by atoms with Crippen molar-refractivity contribution in [2.24, 2.45) is 0 Å². The minimum atomic E-state index is -1.74. The Morgan fingerprint density at radius 1 is 0.968 bits per heavy atom. The van der Waals surface area contributed by atoms with Gasteiger partial charge >= 0.3 is 6.09 Å². The van der Waals surface area contributed by atoms with Gasteiger partial charge in [0.05, 0.1) is 17.7 Å².